The molecule has 1 fully saturated rings. The number of aromatic nitrogens is 7. The molecule has 1 aromatic carbocycles. The molecule has 2 N–H and O–H groups in total. The number of anilines is 1. The van der Waals surface area contributed by atoms with E-state index in [1.807, 2.05) is 19.1 Å². The largest absolute Gasteiger partial charge is 0.315 e. The topological polar surface area (TPSA) is 118 Å². The van der Waals surface area contributed by atoms with Crippen molar-refractivity contribution >= 4 is 11.7 Å². The van der Waals surface area contributed by atoms with Crippen LogP contribution in [0.3, 0.4) is 0 Å². The predicted molar refractivity (Wildman–Crippen MR) is 123 cm³/mol. The summed E-state index contributed by atoms with van der Waals surface area (Å²) in [6, 6.07) is 8.18. The maximum atomic E-state index is 15.4. The number of rotatable bonds is 5. The summed E-state index contributed by atoms with van der Waals surface area (Å²) in [5, 5.41) is 21.5. The van der Waals surface area contributed by atoms with Gasteiger partial charge in [-0.1, -0.05) is 12.1 Å². The summed E-state index contributed by atoms with van der Waals surface area (Å²) in [5.74, 6) is 0.0714. The molecule has 1 aliphatic heterocycles. The zero-order valence-corrected chi connectivity index (χ0v) is 18.9. The number of pyridine rings is 1. The van der Waals surface area contributed by atoms with Crippen LogP contribution < -0.4 is 10.2 Å². The van der Waals surface area contributed by atoms with Gasteiger partial charge in [-0.2, -0.15) is 10.3 Å². The van der Waals surface area contributed by atoms with E-state index in [9.17, 15) is 4.79 Å². The molecule has 0 bridgehead atoms. The molecule has 0 saturated carbocycles. The summed E-state index contributed by atoms with van der Waals surface area (Å²) in [6.45, 7) is 3.49. The normalized spacial score (nSPS) is 15.9. The van der Waals surface area contributed by atoms with Crippen LogP contribution in [-0.4, -0.2) is 60.4 Å². The minimum atomic E-state index is -0.539. The van der Waals surface area contributed by atoms with Gasteiger partial charge in [-0.15, -0.1) is 10.2 Å². The van der Waals surface area contributed by atoms with E-state index in [-0.39, 0.29) is 17.5 Å². The summed E-state index contributed by atoms with van der Waals surface area (Å²) in [7, 11) is 1.72. The number of aromatic amines is 1. The van der Waals surface area contributed by atoms with Gasteiger partial charge in [0.1, 0.15) is 17.3 Å². The number of piperidine rings is 1. The summed E-state index contributed by atoms with van der Waals surface area (Å²) in [4.78, 5) is 19.9. The van der Waals surface area contributed by atoms with Crippen molar-refractivity contribution in [3.63, 3.8) is 0 Å². The lowest BCUT2D eigenvalue weighted by Gasteiger charge is -2.34. The zero-order valence-electron chi connectivity index (χ0n) is 18.9. The molecule has 4 aromatic rings. The van der Waals surface area contributed by atoms with Gasteiger partial charge in [0.2, 0.25) is 5.82 Å². The van der Waals surface area contributed by atoms with E-state index in [4.69, 9.17) is 0 Å². The Bertz CT molecular complexity index is 1310. The number of hydrogen-bond donors (Lipinski definition) is 2. The van der Waals surface area contributed by atoms with Crippen molar-refractivity contribution in [2.75, 3.05) is 18.0 Å². The van der Waals surface area contributed by atoms with Crippen molar-refractivity contribution in [2.24, 2.45) is 7.05 Å². The fraction of sp³-hybridized carbons (Fsp3) is 0.304. The molecule has 3 aromatic heterocycles. The molecule has 1 atom stereocenters. The first-order chi connectivity index (χ1) is 16.5. The zero-order chi connectivity index (χ0) is 23.7. The van der Waals surface area contributed by atoms with E-state index in [0.29, 0.717) is 35.0 Å². The number of benzene rings is 1. The maximum absolute atomic E-state index is 15.4. The van der Waals surface area contributed by atoms with Gasteiger partial charge in [-0.05, 0) is 55.3 Å². The monoisotopic (exact) mass is 461 g/mol. The Morgan fingerprint density at radius 2 is 2.15 bits per heavy atom. The van der Waals surface area contributed by atoms with Crippen LogP contribution >= 0.6 is 0 Å². The van der Waals surface area contributed by atoms with Crippen molar-refractivity contribution in [2.45, 2.75) is 25.8 Å². The minimum absolute atomic E-state index is 0.0687. The molecule has 0 unspecified atom stereocenters. The lowest BCUT2D eigenvalue weighted by Crippen LogP contribution is -2.49. The molecule has 1 aliphatic rings. The third-order valence-corrected chi connectivity index (χ3v) is 6.07. The lowest BCUT2D eigenvalue weighted by atomic mass is 10.0. The fourth-order valence-corrected chi connectivity index (χ4v) is 4.39. The van der Waals surface area contributed by atoms with E-state index >= 15 is 4.39 Å². The highest BCUT2D eigenvalue weighted by Gasteiger charge is 2.30. The average Bonchev–Trinajstić information content (AvgIpc) is 3.50. The number of nitrogens with one attached hydrogen (secondary N) is 2. The second-order valence-corrected chi connectivity index (χ2v) is 8.28. The lowest BCUT2D eigenvalue weighted by molar-refractivity contribution is 0.0971. The molecule has 174 valence electrons. The van der Waals surface area contributed by atoms with E-state index in [0.717, 1.165) is 24.9 Å². The van der Waals surface area contributed by atoms with E-state index in [1.54, 1.807) is 41.2 Å². The number of tetrazole rings is 1. The van der Waals surface area contributed by atoms with Crippen LogP contribution in [0.25, 0.3) is 22.6 Å². The van der Waals surface area contributed by atoms with Gasteiger partial charge in [-0.3, -0.25) is 14.4 Å². The number of aryl methyl sites for hydroxylation is 2. The van der Waals surface area contributed by atoms with Gasteiger partial charge in [0, 0.05) is 36.5 Å². The molecule has 5 rings (SSSR count). The van der Waals surface area contributed by atoms with Crippen LogP contribution in [0.5, 0.6) is 0 Å². The summed E-state index contributed by atoms with van der Waals surface area (Å²) in [5.41, 5.74) is 2.46. The number of amides is 1. The van der Waals surface area contributed by atoms with Crippen LogP contribution in [0.2, 0.25) is 0 Å². The van der Waals surface area contributed by atoms with Gasteiger partial charge in [0.05, 0.1) is 12.2 Å². The Hall–Kier alpha value is -3.99. The Morgan fingerprint density at radius 3 is 2.85 bits per heavy atom. The molecule has 10 nitrogen and oxygen atoms in total. The van der Waals surface area contributed by atoms with Crippen LogP contribution in [0.4, 0.5) is 10.2 Å². The summed E-state index contributed by atoms with van der Waals surface area (Å²) in [6.07, 6.45) is 5.01. The van der Waals surface area contributed by atoms with Crippen molar-refractivity contribution in [3.05, 3.63) is 59.7 Å². The van der Waals surface area contributed by atoms with Crippen LogP contribution in [-0.2, 0) is 7.05 Å². The van der Waals surface area contributed by atoms with Gasteiger partial charge < -0.3 is 5.32 Å². The maximum Gasteiger partial charge on any atom is 0.259 e. The third-order valence-electron chi connectivity index (χ3n) is 6.07. The Kier molecular flexibility index (Phi) is 5.84. The molecular weight excluding hydrogens is 437 g/mol. The molecule has 0 aliphatic carbocycles. The van der Waals surface area contributed by atoms with Gasteiger partial charge in [0.25, 0.3) is 5.91 Å². The Labute approximate surface area is 195 Å². The number of carbonyl (C=O) groups is 1. The van der Waals surface area contributed by atoms with Crippen LogP contribution in [0, 0.1) is 12.7 Å². The van der Waals surface area contributed by atoms with Crippen molar-refractivity contribution in [1.82, 2.24) is 40.7 Å². The van der Waals surface area contributed by atoms with E-state index < -0.39 is 5.82 Å². The molecule has 34 heavy (non-hydrogen) atoms. The second kappa shape index (κ2) is 9.10. The molecule has 11 heteroatoms. The highest BCUT2D eigenvalue weighted by Crippen LogP contribution is 2.32. The number of carbonyl (C=O) groups excluding carboxylic acids is 1. The molecule has 1 amide bonds. The number of hydrogen-bond acceptors (Lipinski definition) is 7. The molecule has 1 saturated heterocycles. The summed E-state index contributed by atoms with van der Waals surface area (Å²) < 4.78 is 17.0. The molecule has 0 radical (unpaired) electrons. The van der Waals surface area contributed by atoms with E-state index in [2.05, 4.69) is 36.0 Å². The first-order valence-electron chi connectivity index (χ1n) is 11.1. The third kappa shape index (κ3) is 3.94. The quantitative estimate of drug-likeness (QED) is 0.469. The van der Waals surface area contributed by atoms with Gasteiger partial charge in [0.15, 0.2) is 0 Å². The van der Waals surface area contributed by atoms with Crippen LogP contribution in [0.15, 0.2) is 42.7 Å². The van der Waals surface area contributed by atoms with Crippen molar-refractivity contribution in [1.29, 1.82) is 0 Å². The molecule has 0 spiro atoms. The van der Waals surface area contributed by atoms with Gasteiger partial charge in [-0.25, -0.2) is 9.37 Å². The highest BCUT2D eigenvalue weighted by atomic mass is 19.1. The molecule has 4 heterocycles. The standard InChI is InChI=1S/C23H24FN9O/c1-14-5-3-10-26-22(14)33(16-6-4-9-25-12-16)23(34)15-7-8-17(19(24)11-15)18-13-27-32(2)20(18)21-28-30-31-29-21/h3,5,7-8,10-11,13,16,25H,4,6,9,12H2,1-2H3,(H,28,29,30,31)/t16-/m1/s1. The number of nitrogens with zero attached hydrogens (tertiary/aromatic N) is 7. The Balaban J connectivity index is 1.52. The summed E-state index contributed by atoms with van der Waals surface area (Å²) >= 11 is 0. The highest BCUT2D eigenvalue weighted by molar-refractivity contribution is 6.06. The Morgan fingerprint density at radius 1 is 1.26 bits per heavy atom. The van der Waals surface area contributed by atoms with E-state index in [1.165, 1.54) is 6.07 Å². The SMILES string of the molecule is Cc1cccnc1N(C(=O)c1ccc(-c2cnn(C)c2-c2nn[nH]n2)c(F)c1)[C@@H]1CCCNC1. The first-order valence-corrected chi connectivity index (χ1v) is 11.1. The number of halogens is 1. The molecular formula is C23H24FN9O. The smallest absolute Gasteiger partial charge is 0.259 e. The van der Waals surface area contributed by atoms with Crippen LogP contribution in [0.1, 0.15) is 28.8 Å². The minimum Gasteiger partial charge on any atom is -0.315 e. The number of H-pyrrole nitrogens is 1. The first kappa shape index (κ1) is 21.8. The predicted octanol–water partition coefficient (Wildman–Crippen LogP) is 2.51. The van der Waals surface area contributed by atoms with Crippen molar-refractivity contribution < 1.29 is 9.18 Å². The fourth-order valence-electron chi connectivity index (χ4n) is 4.39. The average molecular weight is 462 g/mol. The van der Waals surface area contributed by atoms with Crippen molar-refractivity contribution in [3.8, 4) is 22.6 Å². The van der Waals surface area contributed by atoms with Gasteiger partial charge >= 0.3 is 0 Å². The second-order valence-electron chi connectivity index (χ2n) is 8.28.